The third-order valence-corrected chi connectivity index (χ3v) is 7.23. The second-order valence-electron chi connectivity index (χ2n) is 9.51. The summed E-state index contributed by atoms with van der Waals surface area (Å²) in [5, 5.41) is 6.70. The maximum atomic E-state index is 6.35. The molecule has 3 aromatic heterocycles. The molecule has 0 bridgehead atoms. The van der Waals surface area contributed by atoms with E-state index in [4.69, 9.17) is 19.4 Å². The Morgan fingerprint density at radius 3 is 2.00 bits per heavy atom. The minimum absolute atomic E-state index is 0.564. The number of furan rings is 1. The maximum Gasteiger partial charge on any atom is 0.167 e. The van der Waals surface area contributed by atoms with Crippen molar-refractivity contribution in [2.24, 2.45) is 0 Å². The fourth-order valence-electron chi connectivity index (χ4n) is 5.42. The minimum atomic E-state index is 0.564. The van der Waals surface area contributed by atoms with Crippen LogP contribution >= 0.6 is 0 Å². The SMILES string of the molecule is c1ccc2c(c1)ccc1cccc(-c3nc(-c4ccncc4)nc(-c4cccc5c4oc4ccccc45)n3)c12. The van der Waals surface area contributed by atoms with Gasteiger partial charge in [0.05, 0.1) is 5.56 Å². The van der Waals surface area contributed by atoms with Crippen LogP contribution in [-0.4, -0.2) is 19.9 Å². The van der Waals surface area contributed by atoms with Gasteiger partial charge in [-0.2, -0.15) is 0 Å². The lowest BCUT2D eigenvalue weighted by atomic mass is 9.97. The predicted octanol–water partition coefficient (Wildman–Crippen LogP) is 8.47. The average molecular weight is 501 g/mol. The van der Waals surface area contributed by atoms with E-state index in [-0.39, 0.29) is 0 Å². The fraction of sp³-hybridized carbons (Fsp3) is 0. The number of aromatic nitrogens is 4. The zero-order valence-corrected chi connectivity index (χ0v) is 20.7. The van der Waals surface area contributed by atoms with Gasteiger partial charge in [-0.05, 0) is 40.4 Å². The van der Waals surface area contributed by atoms with Crippen LogP contribution < -0.4 is 0 Å². The molecular formula is C34H20N4O. The van der Waals surface area contributed by atoms with Crippen LogP contribution in [0.3, 0.4) is 0 Å². The van der Waals surface area contributed by atoms with Gasteiger partial charge >= 0.3 is 0 Å². The van der Waals surface area contributed by atoms with Crippen molar-refractivity contribution in [3.05, 3.63) is 122 Å². The normalized spacial score (nSPS) is 11.6. The molecule has 39 heavy (non-hydrogen) atoms. The Labute approximate surface area is 223 Å². The first kappa shape index (κ1) is 21.6. The van der Waals surface area contributed by atoms with Crippen LogP contribution in [-0.2, 0) is 0 Å². The summed E-state index contributed by atoms with van der Waals surface area (Å²) in [6, 6.07) is 37.0. The molecule has 0 spiro atoms. The van der Waals surface area contributed by atoms with E-state index in [1.807, 2.05) is 42.5 Å². The van der Waals surface area contributed by atoms with E-state index in [0.717, 1.165) is 54.8 Å². The molecule has 182 valence electrons. The molecule has 0 N–H and O–H groups in total. The molecule has 5 heteroatoms. The standard InChI is InChI=1S/C34H20N4O/c1-2-9-24-21(7-1)15-16-22-8-5-12-27(30(22)24)33-36-32(23-17-19-35-20-18-23)37-34(38-33)28-13-6-11-26-25-10-3-4-14-29(25)39-31(26)28/h1-20H. The van der Waals surface area contributed by atoms with Gasteiger partial charge in [-0.1, -0.05) is 84.9 Å². The summed E-state index contributed by atoms with van der Waals surface area (Å²) < 4.78 is 6.35. The van der Waals surface area contributed by atoms with Gasteiger partial charge in [0.25, 0.3) is 0 Å². The molecule has 8 rings (SSSR count). The summed E-state index contributed by atoms with van der Waals surface area (Å²) in [4.78, 5) is 19.2. The highest BCUT2D eigenvalue weighted by Crippen LogP contribution is 2.37. The lowest BCUT2D eigenvalue weighted by Crippen LogP contribution is -2.01. The van der Waals surface area contributed by atoms with Gasteiger partial charge in [0, 0.05) is 39.7 Å². The molecular weight excluding hydrogens is 480 g/mol. The van der Waals surface area contributed by atoms with E-state index in [9.17, 15) is 0 Å². The topological polar surface area (TPSA) is 64.7 Å². The highest BCUT2D eigenvalue weighted by Gasteiger charge is 2.19. The van der Waals surface area contributed by atoms with E-state index in [1.165, 1.54) is 5.39 Å². The van der Waals surface area contributed by atoms with Crippen molar-refractivity contribution < 1.29 is 4.42 Å². The average Bonchev–Trinajstić information content (AvgIpc) is 3.40. The molecule has 0 aliphatic rings. The first-order chi connectivity index (χ1) is 19.3. The van der Waals surface area contributed by atoms with Gasteiger partial charge in [-0.25, -0.2) is 15.0 Å². The van der Waals surface area contributed by atoms with Crippen molar-refractivity contribution >= 4 is 43.5 Å². The smallest absolute Gasteiger partial charge is 0.167 e. The summed E-state index contributed by atoms with van der Waals surface area (Å²) in [6.45, 7) is 0. The first-order valence-corrected chi connectivity index (χ1v) is 12.8. The van der Waals surface area contributed by atoms with Crippen molar-refractivity contribution in [1.82, 2.24) is 19.9 Å². The van der Waals surface area contributed by atoms with E-state index in [0.29, 0.717) is 17.5 Å². The summed E-state index contributed by atoms with van der Waals surface area (Å²) in [5.41, 5.74) is 4.26. The number of nitrogens with zero attached hydrogens (tertiary/aromatic N) is 4. The second-order valence-corrected chi connectivity index (χ2v) is 9.51. The highest BCUT2D eigenvalue weighted by atomic mass is 16.3. The molecule has 0 saturated heterocycles. The lowest BCUT2D eigenvalue weighted by molar-refractivity contribution is 0.669. The molecule has 0 saturated carbocycles. The molecule has 0 atom stereocenters. The summed E-state index contributed by atoms with van der Waals surface area (Å²) in [6.07, 6.45) is 3.51. The molecule has 5 aromatic carbocycles. The second kappa shape index (κ2) is 8.57. The monoisotopic (exact) mass is 500 g/mol. The molecule has 0 radical (unpaired) electrons. The van der Waals surface area contributed by atoms with Crippen LogP contribution in [0.1, 0.15) is 0 Å². The van der Waals surface area contributed by atoms with E-state index >= 15 is 0 Å². The Bertz CT molecular complexity index is 2180. The Balaban J connectivity index is 1.45. The largest absolute Gasteiger partial charge is 0.455 e. The van der Waals surface area contributed by atoms with Crippen molar-refractivity contribution in [3.8, 4) is 34.2 Å². The van der Waals surface area contributed by atoms with E-state index in [2.05, 4.69) is 71.7 Å². The number of fused-ring (bicyclic) bond motifs is 6. The van der Waals surface area contributed by atoms with Crippen molar-refractivity contribution in [2.75, 3.05) is 0 Å². The quantitative estimate of drug-likeness (QED) is 0.228. The van der Waals surface area contributed by atoms with Gasteiger partial charge in [0.2, 0.25) is 0 Å². The Morgan fingerprint density at radius 2 is 1.10 bits per heavy atom. The summed E-state index contributed by atoms with van der Waals surface area (Å²) in [7, 11) is 0. The molecule has 0 aliphatic carbocycles. The molecule has 8 aromatic rings. The Kier molecular flexibility index (Phi) is 4.76. The van der Waals surface area contributed by atoms with Crippen LogP contribution in [0, 0.1) is 0 Å². The summed E-state index contributed by atoms with van der Waals surface area (Å²) in [5.74, 6) is 1.76. The van der Waals surface area contributed by atoms with E-state index in [1.54, 1.807) is 12.4 Å². The summed E-state index contributed by atoms with van der Waals surface area (Å²) >= 11 is 0. The van der Waals surface area contributed by atoms with Crippen LogP contribution in [0.4, 0.5) is 0 Å². The van der Waals surface area contributed by atoms with Crippen LogP contribution in [0.2, 0.25) is 0 Å². The van der Waals surface area contributed by atoms with Crippen LogP contribution in [0.5, 0.6) is 0 Å². The molecule has 0 fully saturated rings. The van der Waals surface area contributed by atoms with Gasteiger partial charge < -0.3 is 4.42 Å². The molecule has 0 unspecified atom stereocenters. The number of benzene rings is 5. The molecule has 0 amide bonds. The number of hydrogen-bond donors (Lipinski definition) is 0. The van der Waals surface area contributed by atoms with Crippen LogP contribution in [0.15, 0.2) is 126 Å². The third-order valence-electron chi connectivity index (χ3n) is 7.23. The van der Waals surface area contributed by atoms with Crippen LogP contribution in [0.25, 0.3) is 77.6 Å². The lowest BCUT2D eigenvalue weighted by Gasteiger charge is -2.12. The maximum absolute atomic E-state index is 6.35. The number of rotatable bonds is 3. The molecule has 0 aliphatic heterocycles. The fourth-order valence-corrected chi connectivity index (χ4v) is 5.42. The molecule has 3 heterocycles. The van der Waals surface area contributed by atoms with E-state index < -0.39 is 0 Å². The third kappa shape index (κ3) is 3.48. The van der Waals surface area contributed by atoms with Gasteiger partial charge in [0.15, 0.2) is 17.5 Å². The number of para-hydroxylation sites is 2. The van der Waals surface area contributed by atoms with Gasteiger partial charge in [0.1, 0.15) is 11.2 Å². The van der Waals surface area contributed by atoms with Gasteiger partial charge in [-0.15, -0.1) is 0 Å². The Hall–Kier alpha value is -5.42. The molecule has 5 nitrogen and oxygen atoms in total. The highest BCUT2D eigenvalue weighted by molar-refractivity contribution is 6.14. The van der Waals surface area contributed by atoms with Gasteiger partial charge in [-0.3, -0.25) is 4.98 Å². The Morgan fingerprint density at radius 1 is 0.462 bits per heavy atom. The van der Waals surface area contributed by atoms with Crippen molar-refractivity contribution in [1.29, 1.82) is 0 Å². The first-order valence-electron chi connectivity index (χ1n) is 12.8. The number of pyridine rings is 1. The number of hydrogen-bond acceptors (Lipinski definition) is 5. The zero-order chi connectivity index (χ0) is 25.8. The predicted molar refractivity (Wildman–Crippen MR) is 156 cm³/mol. The zero-order valence-electron chi connectivity index (χ0n) is 20.7. The van der Waals surface area contributed by atoms with Crippen molar-refractivity contribution in [2.45, 2.75) is 0 Å². The minimum Gasteiger partial charge on any atom is -0.455 e. The van der Waals surface area contributed by atoms with Crippen molar-refractivity contribution in [3.63, 3.8) is 0 Å².